The minimum atomic E-state index is -0.160. The molecule has 0 amide bonds. The molecule has 1 aromatic rings. The second-order valence-corrected chi connectivity index (χ2v) is 5.29. The molecular formula is C13H18ClNO. The lowest BCUT2D eigenvalue weighted by molar-refractivity contribution is 0.406. The lowest BCUT2D eigenvalue weighted by Crippen LogP contribution is -2.19. The lowest BCUT2D eigenvalue weighted by atomic mass is 9.97. The fraction of sp³-hybridized carbons (Fsp3) is 0.538. The minimum absolute atomic E-state index is 0.160. The number of nitrogens with two attached hydrogens (primary N) is 1. The normalized spacial score (nSPS) is 17.6. The van der Waals surface area contributed by atoms with Gasteiger partial charge in [0, 0.05) is 16.1 Å². The predicted molar refractivity (Wildman–Crippen MR) is 67.2 cm³/mol. The van der Waals surface area contributed by atoms with Crippen LogP contribution in [0.2, 0.25) is 5.02 Å². The van der Waals surface area contributed by atoms with Crippen LogP contribution < -0.4 is 10.5 Å². The Morgan fingerprint density at radius 3 is 2.44 bits per heavy atom. The quantitative estimate of drug-likeness (QED) is 0.877. The number of benzene rings is 1. The second-order valence-electron chi connectivity index (χ2n) is 4.88. The molecule has 0 radical (unpaired) electrons. The standard InChI is InChI=1S/C13H18ClNO/c1-8(2)12-10(14)6-9(7-11(12)16-3)13(15)4-5-13/h6-8H,4-5,15H2,1-3H3. The second kappa shape index (κ2) is 3.94. The summed E-state index contributed by atoms with van der Waals surface area (Å²) in [4.78, 5) is 0. The molecule has 1 aliphatic rings. The number of methoxy groups -OCH3 is 1. The van der Waals surface area contributed by atoms with Gasteiger partial charge < -0.3 is 10.5 Å². The zero-order valence-electron chi connectivity index (χ0n) is 10.0. The fourth-order valence-corrected chi connectivity index (χ4v) is 2.46. The van der Waals surface area contributed by atoms with Crippen LogP contribution in [0.4, 0.5) is 0 Å². The van der Waals surface area contributed by atoms with Gasteiger partial charge in [0.15, 0.2) is 0 Å². The Balaban J connectivity index is 2.50. The molecule has 0 aliphatic heterocycles. The average molecular weight is 240 g/mol. The van der Waals surface area contributed by atoms with Gasteiger partial charge in [-0.3, -0.25) is 0 Å². The molecule has 16 heavy (non-hydrogen) atoms. The van der Waals surface area contributed by atoms with E-state index in [2.05, 4.69) is 13.8 Å². The molecule has 0 saturated heterocycles. The number of halogens is 1. The van der Waals surface area contributed by atoms with Crippen molar-refractivity contribution in [3.8, 4) is 5.75 Å². The maximum atomic E-state index is 6.31. The number of hydrogen-bond acceptors (Lipinski definition) is 2. The zero-order chi connectivity index (χ0) is 11.9. The Hall–Kier alpha value is -0.730. The first-order valence-corrected chi connectivity index (χ1v) is 6.02. The number of rotatable bonds is 3. The van der Waals surface area contributed by atoms with E-state index in [0.717, 1.165) is 34.7 Å². The topological polar surface area (TPSA) is 35.2 Å². The highest BCUT2D eigenvalue weighted by atomic mass is 35.5. The van der Waals surface area contributed by atoms with Crippen LogP contribution in [-0.2, 0) is 5.54 Å². The first-order chi connectivity index (χ1) is 7.48. The molecule has 0 atom stereocenters. The van der Waals surface area contributed by atoms with E-state index in [1.807, 2.05) is 12.1 Å². The molecule has 0 heterocycles. The fourth-order valence-electron chi connectivity index (χ4n) is 2.03. The molecule has 88 valence electrons. The first kappa shape index (κ1) is 11.7. The van der Waals surface area contributed by atoms with Gasteiger partial charge in [-0.25, -0.2) is 0 Å². The summed E-state index contributed by atoms with van der Waals surface area (Å²) in [5.41, 5.74) is 8.17. The van der Waals surface area contributed by atoms with Crippen LogP contribution in [0.1, 0.15) is 43.7 Å². The summed E-state index contributed by atoms with van der Waals surface area (Å²) in [6.07, 6.45) is 2.07. The van der Waals surface area contributed by atoms with E-state index in [4.69, 9.17) is 22.1 Å². The number of hydrogen-bond donors (Lipinski definition) is 1. The summed E-state index contributed by atoms with van der Waals surface area (Å²) < 4.78 is 5.41. The van der Waals surface area contributed by atoms with Crippen LogP contribution in [-0.4, -0.2) is 7.11 Å². The van der Waals surface area contributed by atoms with E-state index in [-0.39, 0.29) is 5.54 Å². The molecule has 1 saturated carbocycles. The van der Waals surface area contributed by atoms with E-state index in [0.29, 0.717) is 5.92 Å². The van der Waals surface area contributed by atoms with E-state index in [1.165, 1.54) is 0 Å². The molecule has 0 aromatic heterocycles. The maximum absolute atomic E-state index is 6.31. The van der Waals surface area contributed by atoms with Gasteiger partial charge in [-0.05, 0) is 36.5 Å². The molecule has 0 bridgehead atoms. The molecule has 1 aliphatic carbocycles. The first-order valence-electron chi connectivity index (χ1n) is 5.65. The van der Waals surface area contributed by atoms with Gasteiger partial charge >= 0.3 is 0 Å². The van der Waals surface area contributed by atoms with Gasteiger partial charge in [0.05, 0.1) is 7.11 Å². The Bertz CT molecular complexity index is 411. The molecule has 2 nitrogen and oxygen atoms in total. The Morgan fingerprint density at radius 2 is 2.00 bits per heavy atom. The summed E-state index contributed by atoms with van der Waals surface area (Å²) >= 11 is 6.31. The SMILES string of the molecule is COc1cc(C2(N)CC2)cc(Cl)c1C(C)C. The van der Waals surface area contributed by atoms with Crippen molar-refractivity contribution < 1.29 is 4.74 Å². The smallest absolute Gasteiger partial charge is 0.124 e. The average Bonchev–Trinajstić information content (AvgIpc) is 2.96. The van der Waals surface area contributed by atoms with Crippen molar-refractivity contribution in [2.45, 2.75) is 38.1 Å². The van der Waals surface area contributed by atoms with E-state index in [1.54, 1.807) is 7.11 Å². The third kappa shape index (κ3) is 1.92. The van der Waals surface area contributed by atoms with Crippen molar-refractivity contribution in [3.63, 3.8) is 0 Å². The molecule has 2 rings (SSSR count). The molecule has 1 fully saturated rings. The summed E-state index contributed by atoms with van der Waals surface area (Å²) in [6, 6.07) is 4.03. The van der Waals surface area contributed by atoms with Crippen molar-refractivity contribution in [1.29, 1.82) is 0 Å². The lowest BCUT2D eigenvalue weighted by Gasteiger charge is -2.18. The van der Waals surface area contributed by atoms with Crippen molar-refractivity contribution in [2.24, 2.45) is 5.73 Å². The zero-order valence-corrected chi connectivity index (χ0v) is 10.8. The molecule has 0 spiro atoms. The van der Waals surface area contributed by atoms with E-state index < -0.39 is 0 Å². The van der Waals surface area contributed by atoms with Crippen LogP contribution in [0.3, 0.4) is 0 Å². The van der Waals surface area contributed by atoms with Crippen LogP contribution in [0, 0.1) is 0 Å². The summed E-state index contributed by atoms with van der Waals surface area (Å²) in [6.45, 7) is 4.22. The van der Waals surface area contributed by atoms with Gasteiger partial charge in [-0.1, -0.05) is 25.4 Å². The van der Waals surface area contributed by atoms with Gasteiger partial charge in [-0.15, -0.1) is 0 Å². The highest BCUT2D eigenvalue weighted by molar-refractivity contribution is 6.31. The van der Waals surface area contributed by atoms with Crippen LogP contribution in [0.5, 0.6) is 5.75 Å². The summed E-state index contributed by atoms with van der Waals surface area (Å²) in [5.74, 6) is 1.21. The highest BCUT2D eigenvalue weighted by Crippen LogP contribution is 2.46. The molecule has 0 unspecified atom stereocenters. The van der Waals surface area contributed by atoms with E-state index >= 15 is 0 Å². The highest BCUT2D eigenvalue weighted by Gasteiger charge is 2.40. The number of ether oxygens (including phenoxy) is 1. The monoisotopic (exact) mass is 239 g/mol. The largest absolute Gasteiger partial charge is 0.496 e. The van der Waals surface area contributed by atoms with Gasteiger partial charge in [0.2, 0.25) is 0 Å². The third-order valence-corrected chi connectivity index (χ3v) is 3.57. The van der Waals surface area contributed by atoms with Gasteiger partial charge in [0.25, 0.3) is 0 Å². The van der Waals surface area contributed by atoms with Gasteiger partial charge in [-0.2, -0.15) is 0 Å². The van der Waals surface area contributed by atoms with Crippen molar-refractivity contribution in [1.82, 2.24) is 0 Å². The maximum Gasteiger partial charge on any atom is 0.124 e. The van der Waals surface area contributed by atoms with Crippen LogP contribution >= 0.6 is 11.6 Å². The summed E-state index contributed by atoms with van der Waals surface area (Å²) in [5, 5.41) is 0.765. The molecular weight excluding hydrogens is 222 g/mol. The Morgan fingerprint density at radius 1 is 1.38 bits per heavy atom. The van der Waals surface area contributed by atoms with Crippen LogP contribution in [0.25, 0.3) is 0 Å². The molecule has 3 heteroatoms. The summed E-state index contributed by atoms with van der Waals surface area (Å²) in [7, 11) is 1.68. The van der Waals surface area contributed by atoms with Crippen molar-refractivity contribution in [3.05, 3.63) is 28.3 Å². The molecule has 1 aromatic carbocycles. The molecule has 2 N–H and O–H groups in total. The predicted octanol–water partition coefficient (Wildman–Crippen LogP) is 3.42. The van der Waals surface area contributed by atoms with E-state index in [9.17, 15) is 0 Å². The Kier molecular flexibility index (Phi) is 2.89. The van der Waals surface area contributed by atoms with Crippen molar-refractivity contribution >= 4 is 11.6 Å². The van der Waals surface area contributed by atoms with Crippen molar-refractivity contribution in [2.75, 3.05) is 7.11 Å². The third-order valence-electron chi connectivity index (χ3n) is 3.25. The minimum Gasteiger partial charge on any atom is -0.496 e. The van der Waals surface area contributed by atoms with Gasteiger partial charge in [0.1, 0.15) is 5.75 Å². The van der Waals surface area contributed by atoms with Crippen LogP contribution in [0.15, 0.2) is 12.1 Å². The Labute approximate surface area is 102 Å².